The van der Waals surface area contributed by atoms with Crippen molar-refractivity contribution in [1.82, 2.24) is 0 Å². The van der Waals surface area contributed by atoms with Crippen LogP contribution in [0, 0.1) is 0 Å². The Morgan fingerprint density at radius 2 is 1.70 bits per heavy atom. The SMILES string of the molecule is CC(C)Oc1cccc(C(C)(N)c2ccc(Cl)cc2)c1. The molecule has 106 valence electrons. The van der Waals surface area contributed by atoms with E-state index in [1.54, 1.807) is 0 Å². The van der Waals surface area contributed by atoms with Crippen LogP contribution in [0.15, 0.2) is 48.5 Å². The third-order valence-corrected chi connectivity index (χ3v) is 3.50. The summed E-state index contributed by atoms with van der Waals surface area (Å²) in [4.78, 5) is 0. The van der Waals surface area contributed by atoms with E-state index >= 15 is 0 Å². The van der Waals surface area contributed by atoms with Crippen molar-refractivity contribution in [2.75, 3.05) is 0 Å². The molecule has 20 heavy (non-hydrogen) atoms. The molecule has 0 saturated carbocycles. The molecule has 0 aliphatic carbocycles. The number of rotatable bonds is 4. The molecule has 0 spiro atoms. The zero-order valence-corrected chi connectivity index (χ0v) is 12.8. The Morgan fingerprint density at radius 3 is 2.30 bits per heavy atom. The van der Waals surface area contributed by atoms with Crippen molar-refractivity contribution < 1.29 is 4.74 Å². The molecule has 2 N–H and O–H groups in total. The molecule has 0 saturated heterocycles. The first-order valence-corrected chi connectivity index (χ1v) is 7.09. The van der Waals surface area contributed by atoms with Crippen LogP contribution in [0.25, 0.3) is 0 Å². The summed E-state index contributed by atoms with van der Waals surface area (Å²) in [6, 6.07) is 15.6. The van der Waals surface area contributed by atoms with Gasteiger partial charge in [0.15, 0.2) is 0 Å². The highest BCUT2D eigenvalue weighted by Crippen LogP contribution is 2.29. The Morgan fingerprint density at radius 1 is 1.05 bits per heavy atom. The third-order valence-electron chi connectivity index (χ3n) is 3.25. The van der Waals surface area contributed by atoms with Crippen molar-refractivity contribution in [3.05, 3.63) is 64.7 Å². The van der Waals surface area contributed by atoms with E-state index in [2.05, 4.69) is 0 Å². The van der Waals surface area contributed by atoms with Crippen molar-refractivity contribution in [3.63, 3.8) is 0 Å². The second kappa shape index (κ2) is 5.86. The lowest BCUT2D eigenvalue weighted by Crippen LogP contribution is -2.34. The van der Waals surface area contributed by atoms with E-state index in [4.69, 9.17) is 22.1 Å². The number of ether oxygens (including phenoxy) is 1. The van der Waals surface area contributed by atoms with E-state index in [-0.39, 0.29) is 6.10 Å². The first-order chi connectivity index (χ1) is 9.39. The molecule has 1 unspecified atom stereocenters. The highest BCUT2D eigenvalue weighted by molar-refractivity contribution is 6.30. The van der Waals surface area contributed by atoms with E-state index in [1.807, 2.05) is 69.3 Å². The lowest BCUT2D eigenvalue weighted by Gasteiger charge is -2.26. The Labute approximate surface area is 125 Å². The first-order valence-electron chi connectivity index (χ1n) is 6.71. The number of benzene rings is 2. The molecule has 2 aromatic rings. The summed E-state index contributed by atoms with van der Waals surface area (Å²) in [5.41, 5.74) is 7.96. The van der Waals surface area contributed by atoms with Gasteiger partial charge in [-0.3, -0.25) is 0 Å². The summed E-state index contributed by atoms with van der Waals surface area (Å²) in [6.45, 7) is 6.01. The van der Waals surface area contributed by atoms with Crippen LogP contribution in [0.5, 0.6) is 5.75 Å². The average molecular weight is 290 g/mol. The largest absolute Gasteiger partial charge is 0.491 e. The molecule has 0 radical (unpaired) electrons. The molecule has 0 fully saturated rings. The van der Waals surface area contributed by atoms with E-state index in [0.717, 1.165) is 16.9 Å². The van der Waals surface area contributed by atoms with Crippen LogP contribution in [-0.4, -0.2) is 6.10 Å². The molecule has 0 amide bonds. The smallest absolute Gasteiger partial charge is 0.120 e. The Kier molecular flexibility index (Phi) is 4.36. The molecule has 3 heteroatoms. The van der Waals surface area contributed by atoms with Crippen molar-refractivity contribution in [2.45, 2.75) is 32.4 Å². The summed E-state index contributed by atoms with van der Waals surface area (Å²) in [5.74, 6) is 0.836. The minimum atomic E-state index is -0.582. The lowest BCUT2D eigenvalue weighted by molar-refractivity contribution is 0.242. The summed E-state index contributed by atoms with van der Waals surface area (Å²) in [7, 11) is 0. The van der Waals surface area contributed by atoms with Crippen LogP contribution in [0.1, 0.15) is 31.9 Å². The number of halogens is 1. The lowest BCUT2D eigenvalue weighted by atomic mass is 9.86. The predicted octanol–water partition coefficient (Wildman–Crippen LogP) is 4.35. The van der Waals surface area contributed by atoms with Crippen LogP contribution >= 0.6 is 11.6 Å². The number of hydrogen-bond acceptors (Lipinski definition) is 2. The Balaban J connectivity index is 2.35. The minimum Gasteiger partial charge on any atom is -0.491 e. The molecule has 1 atom stereocenters. The van der Waals surface area contributed by atoms with Crippen LogP contribution < -0.4 is 10.5 Å². The first kappa shape index (κ1) is 14.9. The fourth-order valence-electron chi connectivity index (χ4n) is 2.13. The maximum atomic E-state index is 6.51. The van der Waals surface area contributed by atoms with Crippen molar-refractivity contribution in [1.29, 1.82) is 0 Å². The standard InChI is InChI=1S/C17H20ClNO/c1-12(2)20-16-6-4-5-14(11-16)17(3,19)13-7-9-15(18)10-8-13/h4-12H,19H2,1-3H3. The minimum absolute atomic E-state index is 0.143. The van der Waals surface area contributed by atoms with Crippen LogP contribution in [0.2, 0.25) is 5.02 Å². The molecule has 0 aliphatic heterocycles. The van der Waals surface area contributed by atoms with Gasteiger partial charge in [-0.2, -0.15) is 0 Å². The van der Waals surface area contributed by atoms with Gasteiger partial charge in [-0.1, -0.05) is 35.9 Å². The van der Waals surface area contributed by atoms with Gasteiger partial charge in [0.2, 0.25) is 0 Å². The van der Waals surface area contributed by atoms with Gasteiger partial charge >= 0.3 is 0 Å². The van der Waals surface area contributed by atoms with Crippen molar-refractivity contribution in [3.8, 4) is 5.75 Å². The fourth-order valence-corrected chi connectivity index (χ4v) is 2.25. The molecule has 0 aliphatic rings. The monoisotopic (exact) mass is 289 g/mol. The van der Waals surface area contributed by atoms with Gasteiger partial charge in [0.1, 0.15) is 5.75 Å². The van der Waals surface area contributed by atoms with E-state index < -0.39 is 5.54 Å². The maximum Gasteiger partial charge on any atom is 0.120 e. The Hall–Kier alpha value is -1.51. The van der Waals surface area contributed by atoms with Crippen molar-refractivity contribution in [2.24, 2.45) is 5.73 Å². The summed E-state index contributed by atoms with van der Waals surface area (Å²) < 4.78 is 5.73. The van der Waals surface area contributed by atoms with Crippen LogP contribution in [0.4, 0.5) is 0 Å². The van der Waals surface area contributed by atoms with Gasteiger partial charge in [-0.15, -0.1) is 0 Å². The molecule has 0 aromatic heterocycles. The van der Waals surface area contributed by atoms with E-state index in [1.165, 1.54) is 0 Å². The normalized spacial score (nSPS) is 14.1. The summed E-state index contributed by atoms with van der Waals surface area (Å²) in [5, 5.41) is 0.710. The zero-order valence-electron chi connectivity index (χ0n) is 12.1. The van der Waals surface area contributed by atoms with E-state index in [0.29, 0.717) is 5.02 Å². The van der Waals surface area contributed by atoms with Gasteiger partial charge in [0, 0.05) is 5.02 Å². The van der Waals surface area contributed by atoms with Gasteiger partial charge < -0.3 is 10.5 Å². The molecular weight excluding hydrogens is 270 g/mol. The van der Waals surface area contributed by atoms with Gasteiger partial charge in [-0.25, -0.2) is 0 Å². The molecule has 2 aromatic carbocycles. The summed E-state index contributed by atoms with van der Waals surface area (Å²) >= 11 is 5.93. The van der Waals surface area contributed by atoms with E-state index in [9.17, 15) is 0 Å². The third kappa shape index (κ3) is 3.33. The second-order valence-electron chi connectivity index (χ2n) is 5.40. The van der Waals surface area contributed by atoms with Gasteiger partial charge in [0.25, 0.3) is 0 Å². The molecule has 0 heterocycles. The second-order valence-corrected chi connectivity index (χ2v) is 5.84. The Bertz CT molecular complexity index is 576. The highest BCUT2D eigenvalue weighted by Gasteiger charge is 2.24. The quantitative estimate of drug-likeness (QED) is 0.908. The van der Waals surface area contributed by atoms with Gasteiger partial charge in [-0.05, 0) is 56.2 Å². The summed E-state index contributed by atoms with van der Waals surface area (Å²) in [6.07, 6.45) is 0.143. The number of nitrogens with two attached hydrogens (primary N) is 1. The fraction of sp³-hybridized carbons (Fsp3) is 0.294. The average Bonchev–Trinajstić information content (AvgIpc) is 2.39. The van der Waals surface area contributed by atoms with Crippen LogP contribution in [0.3, 0.4) is 0 Å². The topological polar surface area (TPSA) is 35.2 Å². The molecular formula is C17H20ClNO. The molecule has 2 nitrogen and oxygen atoms in total. The van der Waals surface area contributed by atoms with Gasteiger partial charge in [0.05, 0.1) is 11.6 Å². The van der Waals surface area contributed by atoms with Crippen LogP contribution in [-0.2, 0) is 5.54 Å². The highest BCUT2D eigenvalue weighted by atomic mass is 35.5. The predicted molar refractivity (Wildman–Crippen MR) is 84.3 cm³/mol. The zero-order chi connectivity index (χ0) is 14.8. The van der Waals surface area contributed by atoms with Crippen molar-refractivity contribution >= 4 is 11.6 Å². The number of hydrogen-bond donors (Lipinski definition) is 1. The maximum absolute atomic E-state index is 6.51. The molecule has 2 rings (SSSR count). The molecule has 0 bridgehead atoms.